The van der Waals surface area contributed by atoms with E-state index < -0.39 is 0 Å². The van der Waals surface area contributed by atoms with E-state index in [1.807, 2.05) is 0 Å². The van der Waals surface area contributed by atoms with Gasteiger partial charge in [-0.3, -0.25) is 0 Å². The van der Waals surface area contributed by atoms with Crippen molar-refractivity contribution in [2.45, 2.75) is 18.5 Å². The van der Waals surface area contributed by atoms with E-state index in [1.54, 1.807) is 0 Å². The minimum absolute atomic E-state index is 0.582. The standard InChI is InChI=1S/C5H8NO/c1-4-2-7-3-5(1)6-4/h4-5H,1-3H2. The highest BCUT2D eigenvalue weighted by atomic mass is 16.5. The molecule has 2 heteroatoms. The summed E-state index contributed by atoms with van der Waals surface area (Å²) in [6.45, 7) is 1.77. The van der Waals surface area contributed by atoms with E-state index in [9.17, 15) is 0 Å². The molecule has 3 aliphatic heterocycles. The number of nitrogens with zero attached hydrogens (tertiary/aromatic N) is 1. The first kappa shape index (κ1) is 3.87. The number of hydrogen-bond acceptors (Lipinski definition) is 1. The Bertz CT molecular complexity index is 64.6. The van der Waals surface area contributed by atoms with Crippen molar-refractivity contribution in [2.24, 2.45) is 0 Å². The molecule has 3 saturated heterocycles. The van der Waals surface area contributed by atoms with Crippen LogP contribution in [0.5, 0.6) is 0 Å². The summed E-state index contributed by atoms with van der Waals surface area (Å²) >= 11 is 0. The Morgan fingerprint density at radius 2 is 1.86 bits per heavy atom. The van der Waals surface area contributed by atoms with Gasteiger partial charge in [0.15, 0.2) is 0 Å². The molecule has 3 heterocycles. The third kappa shape index (κ3) is 0.469. The van der Waals surface area contributed by atoms with Crippen LogP contribution in [-0.2, 0) is 4.74 Å². The van der Waals surface area contributed by atoms with Crippen LogP contribution in [0.1, 0.15) is 6.42 Å². The van der Waals surface area contributed by atoms with Crippen LogP contribution in [0, 0.1) is 0 Å². The van der Waals surface area contributed by atoms with Gasteiger partial charge < -0.3 is 4.74 Å². The SMILES string of the molecule is C1OCC2CC1[N]2. The van der Waals surface area contributed by atoms with Gasteiger partial charge >= 0.3 is 0 Å². The number of ether oxygens (including phenoxy) is 1. The third-order valence-corrected chi connectivity index (χ3v) is 1.59. The van der Waals surface area contributed by atoms with Gasteiger partial charge in [0.2, 0.25) is 0 Å². The monoisotopic (exact) mass is 98.1 g/mol. The van der Waals surface area contributed by atoms with Gasteiger partial charge in [0, 0.05) is 0 Å². The number of hydrogen-bond donors (Lipinski definition) is 0. The average molecular weight is 98.1 g/mol. The van der Waals surface area contributed by atoms with Crippen LogP contribution in [0.3, 0.4) is 0 Å². The Morgan fingerprint density at radius 1 is 1.29 bits per heavy atom. The van der Waals surface area contributed by atoms with E-state index >= 15 is 0 Å². The van der Waals surface area contributed by atoms with Crippen LogP contribution in [0.25, 0.3) is 0 Å². The van der Waals surface area contributed by atoms with Gasteiger partial charge in [0.25, 0.3) is 0 Å². The second-order valence-electron chi connectivity index (χ2n) is 2.23. The van der Waals surface area contributed by atoms with Crippen LogP contribution in [0.15, 0.2) is 0 Å². The Morgan fingerprint density at radius 3 is 2.00 bits per heavy atom. The van der Waals surface area contributed by atoms with E-state index in [2.05, 4.69) is 5.32 Å². The van der Waals surface area contributed by atoms with Crippen molar-refractivity contribution in [3.63, 3.8) is 0 Å². The smallest absolute Gasteiger partial charge is 0.0637 e. The van der Waals surface area contributed by atoms with Gasteiger partial charge in [-0.1, -0.05) is 0 Å². The molecule has 3 fully saturated rings. The average Bonchev–Trinajstić information content (AvgIpc) is 1.67. The van der Waals surface area contributed by atoms with Crippen LogP contribution in [-0.4, -0.2) is 25.3 Å². The highest BCUT2D eigenvalue weighted by molar-refractivity contribution is 4.91. The molecule has 7 heavy (non-hydrogen) atoms. The van der Waals surface area contributed by atoms with Crippen molar-refractivity contribution in [1.82, 2.24) is 5.32 Å². The normalized spacial score (nSPS) is 48.0. The molecule has 0 aliphatic carbocycles. The molecular formula is C5H8NO. The second-order valence-corrected chi connectivity index (χ2v) is 2.23. The molecule has 2 nitrogen and oxygen atoms in total. The Balaban J connectivity index is 1.99. The van der Waals surface area contributed by atoms with Gasteiger partial charge in [-0.2, -0.15) is 0 Å². The van der Waals surface area contributed by atoms with Gasteiger partial charge in [0.1, 0.15) is 0 Å². The summed E-state index contributed by atoms with van der Waals surface area (Å²) in [7, 11) is 0. The van der Waals surface area contributed by atoms with Crippen LogP contribution in [0.4, 0.5) is 0 Å². The van der Waals surface area contributed by atoms with E-state index in [1.165, 1.54) is 6.42 Å². The highest BCUT2D eigenvalue weighted by Gasteiger charge is 2.34. The molecular weight excluding hydrogens is 90.1 g/mol. The van der Waals surface area contributed by atoms with Crippen molar-refractivity contribution in [2.75, 3.05) is 13.2 Å². The third-order valence-electron chi connectivity index (χ3n) is 1.59. The Hall–Kier alpha value is -0.0800. The topological polar surface area (TPSA) is 23.3 Å². The largest absolute Gasteiger partial charge is 0.378 e. The molecule has 1 radical (unpaired) electrons. The maximum absolute atomic E-state index is 5.14. The predicted molar refractivity (Wildman–Crippen MR) is 25.1 cm³/mol. The first-order chi connectivity index (χ1) is 3.45. The molecule has 2 atom stereocenters. The van der Waals surface area contributed by atoms with Gasteiger partial charge in [-0.15, -0.1) is 0 Å². The zero-order valence-corrected chi connectivity index (χ0v) is 4.13. The summed E-state index contributed by atoms with van der Waals surface area (Å²) in [5.41, 5.74) is 0. The predicted octanol–water partition coefficient (Wildman–Crippen LogP) is -0.238. The maximum atomic E-state index is 5.14. The maximum Gasteiger partial charge on any atom is 0.0637 e. The van der Waals surface area contributed by atoms with E-state index in [0.717, 1.165) is 13.2 Å². The van der Waals surface area contributed by atoms with Crippen molar-refractivity contribution >= 4 is 0 Å². The summed E-state index contributed by atoms with van der Waals surface area (Å²) in [5, 5.41) is 4.30. The van der Waals surface area contributed by atoms with E-state index in [0.29, 0.717) is 12.1 Å². The number of morpholine rings is 1. The summed E-state index contributed by atoms with van der Waals surface area (Å²) in [5.74, 6) is 0. The summed E-state index contributed by atoms with van der Waals surface area (Å²) in [6.07, 6.45) is 1.29. The number of fused-ring (bicyclic) bond motifs is 2. The van der Waals surface area contributed by atoms with Crippen molar-refractivity contribution < 1.29 is 4.74 Å². The quantitative estimate of drug-likeness (QED) is 0.410. The van der Waals surface area contributed by atoms with Crippen LogP contribution >= 0.6 is 0 Å². The van der Waals surface area contributed by atoms with Gasteiger partial charge in [0.05, 0.1) is 25.3 Å². The summed E-state index contributed by atoms with van der Waals surface area (Å²) < 4.78 is 5.14. The fourth-order valence-corrected chi connectivity index (χ4v) is 1.16. The zero-order chi connectivity index (χ0) is 4.69. The molecule has 3 aliphatic rings. The lowest BCUT2D eigenvalue weighted by molar-refractivity contribution is -0.0208. The Labute approximate surface area is 42.9 Å². The minimum Gasteiger partial charge on any atom is -0.378 e. The molecule has 0 aromatic heterocycles. The lowest BCUT2D eigenvalue weighted by Gasteiger charge is -2.39. The zero-order valence-electron chi connectivity index (χ0n) is 4.13. The number of rotatable bonds is 0. The molecule has 2 unspecified atom stereocenters. The highest BCUT2D eigenvalue weighted by Crippen LogP contribution is 2.19. The molecule has 3 rings (SSSR count). The molecule has 2 bridgehead atoms. The fourth-order valence-electron chi connectivity index (χ4n) is 1.16. The first-order valence-corrected chi connectivity index (χ1v) is 2.73. The van der Waals surface area contributed by atoms with Crippen LogP contribution in [0.2, 0.25) is 0 Å². The fraction of sp³-hybridized carbons (Fsp3) is 1.00. The van der Waals surface area contributed by atoms with Crippen molar-refractivity contribution in [3.05, 3.63) is 0 Å². The summed E-state index contributed by atoms with van der Waals surface area (Å²) in [6, 6.07) is 1.16. The van der Waals surface area contributed by atoms with Crippen molar-refractivity contribution in [3.8, 4) is 0 Å². The molecule has 0 saturated carbocycles. The molecule has 0 N–H and O–H groups in total. The second kappa shape index (κ2) is 1.20. The Kier molecular flexibility index (Phi) is 0.664. The molecule has 39 valence electrons. The summed E-state index contributed by atoms with van der Waals surface area (Å²) in [4.78, 5) is 0. The minimum atomic E-state index is 0.582. The van der Waals surface area contributed by atoms with E-state index in [4.69, 9.17) is 4.74 Å². The molecule has 0 aromatic rings. The molecule has 0 amide bonds. The molecule has 0 spiro atoms. The van der Waals surface area contributed by atoms with Crippen LogP contribution < -0.4 is 5.32 Å². The van der Waals surface area contributed by atoms with Gasteiger partial charge in [-0.25, -0.2) is 5.32 Å². The van der Waals surface area contributed by atoms with Crippen molar-refractivity contribution in [1.29, 1.82) is 0 Å². The van der Waals surface area contributed by atoms with E-state index in [-0.39, 0.29) is 0 Å². The molecule has 0 aromatic carbocycles. The van der Waals surface area contributed by atoms with Gasteiger partial charge in [-0.05, 0) is 6.42 Å². The lowest BCUT2D eigenvalue weighted by atomic mass is 9.96. The lowest BCUT2D eigenvalue weighted by Crippen LogP contribution is -2.55. The first-order valence-electron chi connectivity index (χ1n) is 2.73.